The number of ketones is 2. The molecule has 1 aromatic rings. The molecule has 0 bridgehead atoms. The highest BCUT2D eigenvalue weighted by Crippen LogP contribution is 2.16. The van der Waals surface area contributed by atoms with Crippen LogP contribution in [-0.4, -0.2) is 11.6 Å². The summed E-state index contributed by atoms with van der Waals surface area (Å²) in [5.74, 6) is 0.0980. The van der Waals surface area contributed by atoms with Crippen LogP contribution < -0.4 is 0 Å². The summed E-state index contributed by atoms with van der Waals surface area (Å²) in [6, 6.07) is 7.26. The lowest BCUT2D eigenvalue weighted by Crippen LogP contribution is -2.05. The lowest BCUT2D eigenvalue weighted by Gasteiger charge is -2.02. The third kappa shape index (κ3) is 4.26. The van der Waals surface area contributed by atoms with E-state index in [4.69, 9.17) is 11.6 Å². The van der Waals surface area contributed by atoms with Crippen molar-refractivity contribution in [3.8, 4) is 0 Å². The Hall–Kier alpha value is -1.15. The van der Waals surface area contributed by atoms with Crippen LogP contribution in [0.2, 0.25) is 5.02 Å². The Kier molecular flexibility index (Phi) is 4.50. The Morgan fingerprint density at radius 2 is 1.87 bits per heavy atom. The molecule has 0 fully saturated rings. The zero-order valence-corrected chi connectivity index (χ0v) is 9.38. The minimum absolute atomic E-state index is 0.0440. The Bertz CT molecular complexity index is 372. The molecule has 3 heteroatoms. The van der Waals surface area contributed by atoms with Gasteiger partial charge in [-0.05, 0) is 18.6 Å². The molecule has 80 valence electrons. The van der Waals surface area contributed by atoms with Gasteiger partial charge in [-0.1, -0.05) is 29.8 Å². The zero-order valence-electron chi connectivity index (χ0n) is 8.63. The van der Waals surface area contributed by atoms with Gasteiger partial charge in [0.05, 0.1) is 0 Å². The van der Waals surface area contributed by atoms with Crippen LogP contribution in [0.15, 0.2) is 24.3 Å². The van der Waals surface area contributed by atoms with Crippen LogP contribution in [0.25, 0.3) is 0 Å². The largest absolute Gasteiger partial charge is 0.300 e. The molecular weight excluding hydrogens is 212 g/mol. The molecule has 0 atom stereocenters. The second kappa shape index (κ2) is 5.66. The number of carbonyl (C=O) groups is 2. The van der Waals surface area contributed by atoms with Gasteiger partial charge in [-0.15, -0.1) is 0 Å². The molecule has 15 heavy (non-hydrogen) atoms. The number of hydrogen-bond acceptors (Lipinski definition) is 2. The van der Waals surface area contributed by atoms with Gasteiger partial charge in [0.1, 0.15) is 11.6 Å². The second-order valence-electron chi connectivity index (χ2n) is 3.51. The molecule has 0 N–H and O–H groups in total. The minimum atomic E-state index is 0.0440. The van der Waals surface area contributed by atoms with E-state index in [-0.39, 0.29) is 11.6 Å². The van der Waals surface area contributed by atoms with Gasteiger partial charge in [0.2, 0.25) is 0 Å². The number of halogens is 1. The number of hydrogen-bond donors (Lipinski definition) is 0. The van der Waals surface area contributed by atoms with Gasteiger partial charge in [0.25, 0.3) is 0 Å². The summed E-state index contributed by atoms with van der Waals surface area (Å²) in [4.78, 5) is 22.1. The van der Waals surface area contributed by atoms with E-state index in [0.717, 1.165) is 5.56 Å². The van der Waals surface area contributed by atoms with Crippen molar-refractivity contribution in [1.82, 2.24) is 0 Å². The van der Waals surface area contributed by atoms with E-state index in [1.165, 1.54) is 6.92 Å². The van der Waals surface area contributed by atoms with Crippen LogP contribution in [-0.2, 0) is 16.0 Å². The van der Waals surface area contributed by atoms with Crippen LogP contribution in [0.4, 0.5) is 0 Å². The molecule has 0 aliphatic carbocycles. The van der Waals surface area contributed by atoms with Crippen molar-refractivity contribution in [2.75, 3.05) is 0 Å². The van der Waals surface area contributed by atoms with E-state index >= 15 is 0 Å². The van der Waals surface area contributed by atoms with Crippen molar-refractivity contribution in [3.63, 3.8) is 0 Å². The Morgan fingerprint density at radius 1 is 1.20 bits per heavy atom. The van der Waals surface area contributed by atoms with Crippen molar-refractivity contribution in [2.24, 2.45) is 0 Å². The molecule has 0 spiro atoms. The first kappa shape index (κ1) is 11.9. The molecular formula is C12H13ClO2. The maximum Gasteiger partial charge on any atom is 0.137 e. The van der Waals surface area contributed by atoms with Gasteiger partial charge in [-0.3, -0.25) is 4.79 Å². The fourth-order valence-electron chi connectivity index (χ4n) is 1.26. The highest BCUT2D eigenvalue weighted by Gasteiger charge is 2.07. The van der Waals surface area contributed by atoms with Gasteiger partial charge in [0.15, 0.2) is 0 Å². The average Bonchev–Trinajstić information content (AvgIpc) is 2.18. The monoisotopic (exact) mass is 224 g/mol. The molecule has 0 saturated carbocycles. The van der Waals surface area contributed by atoms with Crippen LogP contribution in [0.1, 0.15) is 25.3 Å². The van der Waals surface area contributed by atoms with Crippen molar-refractivity contribution in [1.29, 1.82) is 0 Å². The summed E-state index contributed by atoms with van der Waals surface area (Å²) in [5, 5.41) is 0.605. The molecule has 0 aromatic heterocycles. The topological polar surface area (TPSA) is 34.1 Å². The number of benzene rings is 1. The van der Waals surface area contributed by atoms with E-state index in [9.17, 15) is 9.59 Å². The van der Waals surface area contributed by atoms with Crippen LogP contribution in [0.5, 0.6) is 0 Å². The average molecular weight is 225 g/mol. The molecule has 0 radical (unpaired) electrons. The first-order chi connectivity index (χ1) is 7.09. The number of carbonyl (C=O) groups excluding carboxylic acids is 2. The Morgan fingerprint density at radius 3 is 2.47 bits per heavy atom. The summed E-state index contributed by atoms with van der Waals surface area (Å²) >= 11 is 5.91. The van der Waals surface area contributed by atoms with Gasteiger partial charge < -0.3 is 4.79 Å². The predicted molar refractivity (Wildman–Crippen MR) is 60.1 cm³/mol. The van der Waals surface area contributed by atoms with Crippen LogP contribution in [0, 0.1) is 0 Å². The molecule has 0 aliphatic heterocycles. The van der Waals surface area contributed by atoms with E-state index in [0.29, 0.717) is 24.3 Å². The highest BCUT2D eigenvalue weighted by molar-refractivity contribution is 6.31. The lowest BCUT2D eigenvalue weighted by atomic mass is 10.0. The fraction of sp³-hybridized carbons (Fsp3) is 0.333. The molecule has 1 rings (SSSR count). The van der Waals surface area contributed by atoms with Gasteiger partial charge in [-0.25, -0.2) is 0 Å². The third-order valence-electron chi connectivity index (χ3n) is 2.10. The van der Waals surface area contributed by atoms with E-state index in [2.05, 4.69) is 0 Å². The van der Waals surface area contributed by atoms with Crippen molar-refractivity contribution >= 4 is 23.2 Å². The van der Waals surface area contributed by atoms with Crippen molar-refractivity contribution < 1.29 is 9.59 Å². The normalized spacial score (nSPS) is 10.0. The zero-order chi connectivity index (χ0) is 11.3. The lowest BCUT2D eigenvalue weighted by molar-refractivity contribution is -0.122. The minimum Gasteiger partial charge on any atom is -0.300 e. The Balaban J connectivity index is 2.52. The van der Waals surface area contributed by atoms with Gasteiger partial charge in [-0.2, -0.15) is 0 Å². The second-order valence-corrected chi connectivity index (χ2v) is 3.92. The maximum atomic E-state index is 11.5. The Labute approximate surface area is 94.2 Å². The fourth-order valence-corrected chi connectivity index (χ4v) is 1.46. The van der Waals surface area contributed by atoms with Crippen molar-refractivity contribution in [2.45, 2.75) is 26.2 Å². The summed E-state index contributed by atoms with van der Waals surface area (Å²) in [6.07, 6.45) is 0.941. The predicted octanol–water partition coefficient (Wildman–Crippen LogP) is 2.82. The van der Waals surface area contributed by atoms with E-state index < -0.39 is 0 Å². The van der Waals surface area contributed by atoms with Gasteiger partial charge >= 0.3 is 0 Å². The van der Waals surface area contributed by atoms with Crippen LogP contribution in [0.3, 0.4) is 0 Å². The smallest absolute Gasteiger partial charge is 0.137 e. The molecule has 1 aromatic carbocycles. The van der Waals surface area contributed by atoms with Gasteiger partial charge in [0, 0.05) is 24.3 Å². The molecule has 0 heterocycles. The van der Waals surface area contributed by atoms with Crippen molar-refractivity contribution in [3.05, 3.63) is 34.9 Å². The van der Waals surface area contributed by atoms with E-state index in [1.54, 1.807) is 6.07 Å². The summed E-state index contributed by atoms with van der Waals surface area (Å²) in [5.41, 5.74) is 0.827. The highest BCUT2D eigenvalue weighted by atomic mass is 35.5. The quantitative estimate of drug-likeness (QED) is 0.771. The molecule has 0 saturated heterocycles. The summed E-state index contributed by atoms with van der Waals surface area (Å²) in [6.45, 7) is 1.49. The number of rotatable bonds is 5. The summed E-state index contributed by atoms with van der Waals surface area (Å²) < 4.78 is 0. The maximum absolute atomic E-state index is 11.5. The van der Waals surface area contributed by atoms with Crippen LogP contribution >= 0.6 is 11.6 Å². The van der Waals surface area contributed by atoms with E-state index in [1.807, 2.05) is 18.2 Å². The number of Topliss-reactive ketones (excluding diaryl/α,β-unsaturated/α-hetero) is 2. The third-order valence-corrected chi connectivity index (χ3v) is 2.47. The first-order valence-corrected chi connectivity index (χ1v) is 5.22. The first-order valence-electron chi connectivity index (χ1n) is 4.84. The summed E-state index contributed by atoms with van der Waals surface area (Å²) in [7, 11) is 0. The standard InChI is InChI=1S/C12H13ClO2/c1-9(14)6-7-11(15)8-10-4-2-3-5-12(10)13/h2-5H,6-8H2,1H3. The SMILES string of the molecule is CC(=O)CCC(=O)Cc1ccccc1Cl. The molecule has 0 unspecified atom stereocenters. The molecule has 0 aliphatic rings. The molecule has 0 amide bonds. The molecule has 2 nitrogen and oxygen atoms in total.